The standard InChI is InChI=1S/C16H20N4OS3/c1-23-15-18-20(16(22)24-15)11-19-9-7-13(8-10-19)17-14(21)12-5-3-2-4-6-12/h2-6,13H,7-11H2,1H3,(H,17,21). The minimum absolute atomic E-state index is 0.0142. The van der Waals surface area contributed by atoms with E-state index in [4.69, 9.17) is 12.2 Å². The van der Waals surface area contributed by atoms with Gasteiger partial charge in [0.25, 0.3) is 5.91 Å². The van der Waals surface area contributed by atoms with Crippen molar-refractivity contribution >= 4 is 41.2 Å². The van der Waals surface area contributed by atoms with Crippen LogP contribution in [0.2, 0.25) is 0 Å². The zero-order valence-electron chi connectivity index (χ0n) is 13.5. The molecule has 1 saturated heterocycles. The number of hydrogen-bond donors (Lipinski definition) is 1. The average Bonchev–Trinajstić information content (AvgIpc) is 2.97. The predicted octanol–water partition coefficient (Wildman–Crippen LogP) is 3.25. The van der Waals surface area contributed by atoms with Crippen LogP contribution in [0.1, 0.15) is 23.2 Å². The highest BCUT2D eigenvalue weighted by atomic mass is 32.2. The van der Waals surface area contributed by atoms with E-state index in [0.717, 1.165) is 46.5 Å². The van der Waals surface area contributed by atoms with E-state index in [1.165, 1.54) is 0 Å². The first-order valence-corrected chi connectivity index (χ1v) is 10.3. The summed E-state index contributed by atoms with van der Waals surface area (Å²) in [4.78, 5) is 14.6. The van der Waals surface area contributed by atoms with Crippen LogP contribution in [0.25, 0.3) is 0 Å². The number of thioether (sulfide) groups is 1. The highest BCUT2D eigenvalue weighted by Crippen LogP contribution is 2.20. The second-order valence-corrected chi connectivity index (χ2v) is 8.39. The number of nitrogens with zero attached hydrogens (tertiary/aromatic N) is 3. The molecule has 128 valence electrons. The molecule has 1 amide bonds. The molecule has 24 heavy (non-hydrogen) atoms. The number of carbonyl (C=O) groups excluding carboxylic acids is 1. The summed E-state index contributed by atoms with van der Waals surface area (Å²) in [6.07, 6.45) is 3.91. The SMILES string of the molecule is CSc1nn(CN2CCC(NC(=O)c3ccccc3)CC2)c(=S)s1. The molecule has 5 nitrogen and oxygen atoms in total. The highest BCUT2D eigenvalue weighted by Gasteiger charge is 2.21. The molecule has 8 heteroatoms. The summed E-state index contributed by atoms with van der Waals surface area (Å²) < 4.78 is 3.72. The number of carbonyl (C=O) groups is 1. The number of likely N-dealkylation sites (tertiary alicyclic amines) is 1. The van der Waals surface area contributed by atoms with E-state index in [9.17, 15) is 4.79 Å². The molecule has 0 spiro atoms. The molecular formula is C16H20N4OS3. The lowest BCUT2D eigenvalue weighted by atomic mass is 10.0. The zero-order chi connectivity index (χ0) is 16.9. The van der Waals surface area contributed by atoms with Crippen LogP contribution >= 0.6 is 35.3 Å². The lowest BCUT2D eigenvalue weighted by molar-refractivity contribution is 0.0896. The van der Waals surface area contributed by atoms with Gasteiger partial charge < -0.3 is 5.32 Å². The normalized spacial score (nSPS) is 16.2. The van der Waals surface area contributed by atoms with E-state index in [-0.39, 0.29) is 11.9 Å². The van der Waals surface area contributed by atoms with E-state index in [0.29, 0.717) is 0 Å². The summed E-state index contributed by atoms with van der Waals surface area (Å²) in [5.41, 5.74) is 0.721. The number of rotatable bonds is 5. The summed E-state index contributed by atoms with van der Waals surface area (Å²) in [7, 11) is 0. The number of amides is 1. The van der Waals surface area contributed by atoms with Gasteiger partial charge in [0.05, 0.1) is 6.67 Å². The molecule has 1 fully saturated rings. The van der Waals surface area contributed by atoms with Gasteiger partial charge in [-0.05, 0) is 43.4 Å². The van der Waals surface area contributed by atoms with Gasteiger partial charge in [-0.3, -0.25) is 9.69 Å². The molecule has 0 atom stereocenters. The topological polar surface area (TPSA) is 50.2 Å². The van der Waals surface area contributed by atoms with Gasteiger partial charge >= 0.3 is 0 Å². The molecule has 0 bridgehead atoms. The predicted molar refractivity (Wildman–Crippen MR) is 101 cm³/mol. The van der Waals surface area contributed by atoms with Crippen LogP contribution in [0.4, 0.5) is 0 Å². The lowest BCUT2D eigenvalue weighted by Crippen LogP contribution is -2.45. The molecule has 0 aliphatic carbocycles. The molecule has 3 rings (SSSR count). The third kappa shape index (κ3) is 4.44. The summed E-state index contributed by atoms with van der Waals surface area (Å²) in [6, 6.07) is 9.62. The third-order valence-electron chi connectivity index (χ3n) is 4.06. The van der Waals surface area contributed by atoms with Crippen molar-refractivity contribution in [3.63, 3.8) is 0 Å². The van der Waals surface area contributed by atoms with Crippen LogP contribution in [0.3, 0.4) is 0 Å². The van der Waals surface area contributed by atoms with Crippen molar-refractivity contribution < 1.29 is 4.79 Å². The molecule has 0 unspecified atom stereocenters. The Morgan fingerprint density at radius 2 is 2.08 bits per heavy atom. The van der Waals surface area contributed by atoms with Gasteiger partial charge in [-0.15, -0.1) is 0 Å². The third-order valence-corrected chi connectivity index (χ3v) is 6.34. The maximum atomic E-state index is 12.2. The van der Waals surface area contributed by atoms with Crippen LogP contribution in [0.5, 0.6) is 0 Å². The van der Waals surface area contributed by atoms with Crippen LogP contribution in [0, 0.1) is 3.95 Å². The first-order valence-electron chi connectivity index (χ1n) is 7.86. The van der Waals surface area contributed by atoms with E-state index in [2.05, 4.69) is 15.3 Å². The Balaban J connectivity index is 1.50. The molecule has 1 N–H and O–H groups in total. The summed E-state index contributed by atoms with van der Waals surface area (Å²) in [5, 5.41) is 7.65. The molecule has 2 aromatic rings. The van der Waals surface area contributed by atoms with Gasteiger partial charge in [-0.2, -0.15) is 5.10 Å². The van der Waals surface area contributed by atoms with Crippen molar-refractivity contribution in [2.24, 2.45) is 0 Å². The first-order chi connectivity index (χ1) is 11.7. The molecular weight excluding hydrogens is 360 g/mol. The van der Waals surface area contributed by atoms with Crippen molar-refractivity contribution in [1.82, 2.24) is 20.0 Å². The number of aromatic nitrogens is 2. The fraction of sp³-hybridized carbons (Fsp3) is 0.438. The van der Waals surface area contributed by atoms with E-state index in [1.54, 1.807) is 23.1 Å². The zero-order valence-corrected chi connectivity index (χ0v) is 15.9. The van der Waals surface area contributed by atoms with Gasteiger partial charge in [0.2, 0.25) is 0 Å². The monoisotopic (exact) mass is 380 g/mol. The van der Waals surface area contributed by atoms with Crippen molar-refractivity contribution in [3.8, 4) is 0 Å². The number of piperidine rings is 1. The Labute approximate surface area is 155 Å². The molecule has 2 heterocycles. The molecule has 0 saturated carbocycles. The van der Waals surface area contributed by atoms with Crippen LogP contribution in [-0.4, -0.2) is 46.0 Å². The Morgan fingerprint density at radius 1 is 1.38 bits per heavy atom. The number of nitrogens with one attached hydrogen (secondary N) is 1. The second kappa shape index (κ2) is 8.24. The molecule has 1 aromatic heterocycles. The average molecular weight is 381 g/mol. The van der Waals surface area contributed by atoms with Crippen molar-refractivity contribution in [2.45, 2.75) is 29.9 Å². The fourth-order valence-electron chi connectivity index (χ4n) is 2.73. The summed E-state index contributed by atoms with van der Waals surface area (Å²) >= 11 is 8.54. The van der Waals surface area contributed by atoms with E-state index >= 15 is 0 Å². The smallest absolute Gasteiger partial charge is 0.251 e. The summed E-state index contributed by atoms with van der Waals surface area (Å²) in [5.74, 6) is 0.0142. The van der Waals surface area contributed by atoms with E-state index < -0.39 is 0 Å². The van der Waals surface area contributed by atoms with Crippen LogP contribution in [-0.2, 0) is 6.67 Å². The van der Waals surface area contributed by atoms with Gasteiger partial charge in [0.1, 0.15) is 0 Å². The fourth-order valence-corrected chi connectivity index (χ4v) is 4.46. The highest BCUT2D eigenvalue weighted by molar-refractivity contribution is 8.00. The van der Waals surface area contributed by atoms with Crippen molar-refractivity contribution in [1.29, 1.82) is 0 Å². The lowest BCUT2D eigenvalue weighted by Gasteiger charge is -2.32. The van der Waals surface area contributed by atoms with Gasteiger partial charge in [-0.25, -0.2) is 4.68 Å². The Kier molecular flexibility index (Phi) is 6.04. The van der Waals surface area contributed by atoms with Crippen molar-refractivity contribution in [3.05, 3.63) is 39.8 Å². The number of benzene rings is 1. The Morgan fingerprint density at radius 3 is 2.71 bits per heavy atom. The molecule has 1 aliphatic rings. The largest absolute Gasteiger partial charge is 0.349 e. The number of hydrogen-bond acceptors (Lipinski definition) is 6. The minimum atomic E-state index is 0.0142. The molecule has 0 radical (unpaired) electrons. The van der Waals surface area contributed by atoms with Crippen molar-refractivity contribution in [2.75, 3.05) is 19.3 Å². The van der Waals surface area contributed by atoms with E-state index in [1.807, 2.05) is 41.3 Å². The van der Waals surface area contributed by atoms with Gasteiger partial charge in [-0.1, -0.05) is 41.3 Å². The Hall–Kier alpha value is -1.22. The quantitative estimate of drug-likeness (QED) is 0.637. The van der Waals surface area contributed by atoms with Crippen LogP contribution in [0.15, 0.2) is 34.7 Å². The molecule has 1 aromatic carbocycles. The first kappa shape index (κ1) is 17.6. The summed E-state index contributed by atoms with van der Waals surface area (Å²) in [6.45, 7) is 2.61. The van der Waals surface area contributed by atoms with Gasteiger partial charge in [0, 0.05) is 24.7 Å². The minimum Gasteiger partial charge on any atom is -0.349 e. The molecule has 1 aliphatic heterocycles. The second-order valence-electron chi connectivity index (χ2n) is 5.71. The Bertz CT molecular complexity index is 735. The van der Waals surface area contributed by atoms with Gasteiger partial charge in [0.15, 0.2) is 8.29 Å². The maximum Gasteiger partial charge on any atom is 0.251 e. The van der Waals surface area contributed by atoms with Crippen LogP contribution < -0.4 is 5.32 Å². The maximum absolute atomic E-state index is 12.2.